The minimum absolute atomic E-state index is 0.0828. The van der Waals surface area contributed by atoms with Crippen LogP contribution in [0.15, 0.2) is 42.7 Å². The Bertz CT molecular complexity index is 794. The largest absolute Gasteiger partial charge is 0.497 e. The number of nitrogens with one attached hydrogen (secondary N) is 3. The van der Waals surface area contributed by atoms with Crippen molar-refractivity contribution in [3.63, 3.8) is 0 Å². The number of carbonyl (C=O) groups excluding carboxylic acids is 1. The molecule has 0 bridgehead atoms. The van der Waals surface area contributed by atoms with Gasteiger partial charge < -0.3 is 25.4 Å². The smallest absolute Gasteiger partial charge is 0.242 e. The molecule has 1 unspecified atom stereocenters. The molecule has 162 valence electrons. The molecule has 2 aromatic rings. The van der Waals surface area contributed by atoms with Crippen molar-refractivity contribution in [1.29, 1.82) is 0 Å². The highest BCUT2D eigenvalue weighted by Crippen LogP contribution is 2.30. The lowest BCUT2D eigenvalue weighted by molar-refractivity contribution is -0.123. The van der Waals surface area contributed by atoms with Crippen LogP contribution in [0.25, 0.3) is 0 Å². The third kappa shape index (κ3) is 6.18. The van der Waals surface area contributed by atoms with Crippen LogP contribution >= 0.6 is 0 Å². The lowest BCUT2D eigenvalue weighted by Crippen LogP contribution is -2.39. The van der Waals surface area contributed by atoms with E-state index < -0.39 is 6.04 Å². The van der Waals surface area contributed by atoms with Crippen molar-refractivity contribution in [2.45, 2.75) is 31.8 Å². The number of hydrogen-bond donors (Lipinski definition) is 3. The zero-order chi connectivity index (χ0) is 21.2. The highest BCUT2D eigenvalue weighted by atomic mass is 16.5. The van der Waals surface area contributed by atoms with E-state index in [1.807, 2.05) is 30.3 Å². The van der Waals surface area contributed by atoms with Crippen molar-refractivity contribution in [3.8, 4) is 11.5 Å². The molecule has 1 aliphatic rings. The van der Waals surface area contributed by atoms with Crippen LogP contribution in [0.5, 0.6) is 11.5 Å². The lowest BCUT2D eigenvalue weighted by atomic mass is 9.94. The molecule has 1 fully saturated rings. The van der Waals surface area contributed by atoms with E-state index in [1.165, 1.54) is 12.8 Å². The van der Waals surface area contributed by atoms with Crippen molar-refractivity contribution in [2.24, 2.45) is 5.92 Å². The number of hydrogen-bond acceptors (Lipinski definition) is 6. The van der Waals surface area contributed by atoms with Crippen molar-refractivity contribution >= 4 is 5.91 Å². The lowest BCUT2D eigenvalue weighted by Gasteiger charge is -2.25. The molecule has 0 saturated carbocycles. The van der Waals surface area contributed by atoms with Crippen LogP contribution < -0.4 is 25.4 Å². The van der Waals surface area contributed by atoms with E-state index >= 15 is 0 Å². The molecule has 3 N–H and O–H groups in total. The first-order valence-electron chi connectivity index (χ1n) is 10.5. The zero-order valence-corrected chi connectivity index (χ0v) is 17.8. The average molecular weight is 413 g/mol. The predicted molar refractivity (Wildman–Crippen MR) is 117 cm³/mol. The van der Waals surface area contributed by atoms with Gasteiger partial charge in [-0.3, -0.25) is 9.78 Å². The molecule has 3 rings (SSSR count). The van der Waals surface area contributed by atoms with E-state index in [1.54, 1.807) is 26.6 Å². The Labute approximate surface area is 178 Å². The van der Waals surface area contributed by atoms with Gasteiger partial charge >= 0.3 is 0 Å². The molecule has 0 radical (unpaired) electrons. The summed E-state index contributed by atoms with van der Waals surface area (Å²) in [6, 6.07) is 8.85. The third-order valence-electron chi connectivity index (χ3n) is 5.59. The van der Waals surface area contributed by atoms with E-state index in [4.69, 9.17) is 9.47 Å². The topological polar surface area (TPSA) is 84.5 Å². The normalized spacial score (nSPS) is 15.4. The molecule has 1 aliphatic heterocycles. The molecule has 7 nitrogen and oxygen atoms in total. The molecule has 1 aromatic carbocycles. The number of amides is 1. The van der Waals surface area contributed by atoms with Gasteiger partial charge in [0, 0.05) is 30.6 Å². The number of methoxy groups -OCH3 is 2. The maximum absolute atomic E-state index is 13.1. The van der Waals surface area contributed by atoms with Gasteiger partial charge in [0.2, 0.25) is 5.91 Å². The molecular formula is C23H32N4O3. The monoisotopic (exact) mass is 412 g/mol. The maximum Gasteiger partial charge on any atom is 0.242 e. The van der Waals surface area contributed by atoms with E-state index in [0.29, 0.717) is 24.0 Å². The standard InChI is InChI=1S/C23H32N4O3/c1-29-19-3-4-20(21(15-19)30-2)22(26-14-9-17-5-10-24-11-6-17)23(28)27-16-18-7-12-25-13-8-18/h3-4,7-8,12-13,15,17,22,24,26H,5-6,9-11,14,16H2,1-2H3,(H,27,28). The van der Waals surface area contributed by atoms with Gasteiger partial charge in [-0.2, -0.15) is 0 Å². The van der Waals surface area contributed by atoms with Crippen molar-refractivity contribution in [1.82, 2.24) is 20.9 Å². The van der Waals surface area contributed by atoms with E-state index in [2.05, 4.69) is 20.9 Å². The van der Waals surface area contributed by atoms with Crippen LogP contribution in [0.1, 0.15) is 36.4 Å². The Balaban J connectivity index is 1.71. The summed E-state index contributed by atoms with van der Waals surface area (Å²) >= 11 is 0. The van der Waals surface area contributed by atoms with Crippen LogP contribution in [-0.2, 0) is 11.3 Å². The SMILES string of the molecule is COc1ccc(C(NCCC2CCNCC2)C(=O)NCc2ccncc2)c(OC)c1. The molecule has 0 aliphatic carbocycles. The predicted octanol–water partition coefficient (Wildman–Crippen LogP) is 2.44. The van der Waals surface area contributed by atoms with Crippen LogP contribution in [0.2, 0.25) is 0 Å². The summed E-state index contributed by atoms with van der Waals surface area (Å²) in [5.74, 6) is 1.94. The van der Waals surface area contributed by atoms with Crippen molar-refractivity contribution in [3.05, 3.63) is 53.9 Å². The quantitative estimate of drug-likeness (QED) is 0.556. The molecule has 1 aromatic heterocycles. The summed E-state index contributed by atoms with van der Waals surface area (Å²) in [5.41, 5.74) is 1.81. The first-order chi connectivity index (χ1) is 14.7. The summed E-state index contributed by atoms with van der Waals surface area (Å²) in [6.45, 7) is 3.37. The first-order valence-corrected chi connectivity index (χ1v) is 10.5. The van der Waals surface area contributed by atoms with Crippen molar-refractivity contribution < 1.29 is 14.3 Å². The number of aromatic nitrogens is 1. The summed E-state index contributed by atoms with van der Waals surface area (Å²) in [6.07, 6.45) is 6.87. The second-order valence-corrected chi connectivity index (χ2v) is 7.55. The molecule has 0 spiro atoms. The Kier molecular flexibility index (Phi) is 8.47. The molecule has 2 heterocycles. The van der Waals surface area contributed by atoms with Gasteiger partial charge in [0.1, 0.15) is 17.5 Å². The number of rotatable bonds is 10. The fourth-order valence-electron chi connectivity index (χ4n) is 3.79. The van der Waals surface area contributed by atoms with Crippen LogP contribution in [0.4, 0.5) is 0 Å². The summed E-state index contributed by atoms with van der Waals surface area (Å²) < 4.78 is 10.9. The zero-order valence-electron chi connectivity index (χ0n) is 17.8. The fraction of sp³-hybridized carbons (Fsp3) is 0.478. The van der Waals surface area contributed by atoms with Crippen LogP contribution in [0, 0.1) is 5.92 Å². The Morgan fingerprint density at radius 2 is 1.93 bits per heavy atom. The van der Waals surface area contributed by atoms with Gasteiger partial charge in [0.25, 0.3) is 0 Å². The Hall–Kier alpha value is -2.64. The summed E-state index contributed by atoms with van der Waals surface area (Å²) in [4.78, 5) is 17.2. The highest BCUT2D eigenvalue weighted by molar-refractivity contribution is 5.84. The third-order valence-corrected chi connectivity index (χ3v) is 5.59. The maximum atomic E-state index is 13.1. The summed E-state index contributed by atoms with van der Waals surface area (Å²) in [5, 5.41) is 9.90. The Morgan fingerprint density at radius 1 is 1.17 bits per heavy atom. The summed E-state index contributed by atoms with van der Waals surface area (Å²) in [7, 11) is 3.23. The molecule has 7 heteroatoms. The second-order valence-electron chi connectivity index (χ2n) is 7.55. The average Bonchev–Trinajstić information content (AvgIpc) is 2.81. The number of nitrogens with zero attached hydrogens (tertiary/aromatic N) is 1. The van der Waals surface area contributed by atoms with Gasteiger partial charge in [-0.15, -0.1) is 0 Å². The number of pyridine rings is 1. The first kappa shape index (κ1) is 22.1. The van der Waals surface area contributed by atoms with E-state index in [9.17, 15) is 4.79 Å². The van der Waals surface area contributed by atoms with E-state index in [0.717, 1.165) is 37.2 Å². The van der Waals surface area contributed by atoms with Crippen molar-refractivity contribution in [2.75, 3.05) is 33.9 Å². The van der Waals surface area contributed by atoms with Gasteiger partial charge in [0.15, 0.2) is 0 Å². The fourth-order valence-corrected chi connectivity index (χ4v) is 3.79. The molecular weight excluding hydrogens is 380 g/mol. The highest BCUT2D eigenvalue weighted by Gasteiger charge is 2.24. The number of ether oxygens (including phenoxy) is 2. The number of benzene rings is 1. The minimum Gasteiger partial charge on any atom is -0.497 e. The van der Waals surface area contributed by atoms with Crippen LogP contribution in [-0.4, -0.2) is 44.7 Å². The number of piperidine rings is 1. The van der Waals surface area contributed by atoms with E-state index in [-0.39, 0.29) is 5.91 Å². The molecule has 1 atom stereocenters. The number of carbonyl (C=O) groups is 1. The second kappa shape index (κ2) is 11.5. The Morgan fingerprint density at radius 3 is 2.63 bits per heavy atom. The molecule has 30 heavy (non-hydrogen) atoms. The van der Waals surface area contributed by atoms with Gasteiger partial charge in [-0.25, -0.2) is 0 Å². The van der Waals surface area contributed by atoms with Crippen LogP contribution in [0.3, 0.4) is 0 Å². The minimum atomic E-state index is -0.505. The molecule has 1 amide bonds. The van der Waals surface area contributed by atoms with Gasteiger partial charge in [-0.1, -0.05) is 0 Å². The van der Waals surface area contributed by atoms with Gasteiger partial charge in [-0.05, 0) is 74.6 Å². The molecule has 1 saturated heterocycles. The van der Waals surface area contributed by atoms with Gasteiger partial charge in [0.05, 0.1) is 14.2 Å².